The number of halogens is 1. The van der Waals surface area contributed by atoms with Gasteiger partial charge in [-0.25, -0.2) is 9.67 Å². The Labute approximate surface area is 215 Å². The molecule has 8 nitrogen and oxygen atoms in total. The van der Waals surface area contributed by atoms with Crippen molar-refractivity contribution in [2.75, 3.05) is 0 Å². The standard InChI is InChI=1S/C26H20IN7O/c1-4-18-6-5-7-21(31-18)19-13-25(35)33(2)22-14-29-23(12-20(19)22)26(28,24-15-30-32-34(24)3)16-8-10-17(27)11-9-16/h1,5-15H,28H2,2-3H3/t26-/m1/s1. The fourth-order valence-electron chi connectivity index (χ4n) is 4.23. The summed E-state index contributed by atoms with van der Waals surface area (Å²) >= 11 is 2.25. The molecule has 4 aromatic heterocycles. The SMILES string of the molecule is C#Cc1cccc(-c2cc(=O)n(C)c3cnc([C@](N)(c4ccc(I)cc4)c4cnnn4C)cc23)n1. The number of pyridine rings is 3. The highest BCUT2D eigenvalue weighted by atomic mass is 127. The summed E-state index contributed by atoms with van der Waals surface area (Å²) in [5.74, 6) is 2.55. The molecule has 172 valence electrons. The number of benzene rings is 1. The summed E-state index contributed by atoms with van der Waals surface area (Å²) in [6.07, 6.45) is 8.88. The first-order valence-corrected chi connectivity index (χ1v) is 11.7. The third-order valence-corrected chi connectivity index (χ3v) is 6.85. The Morgan fingerprint density at radius 1 is 1.09 bits per heavy atom. The third kappa shape index (κ3) is 3.80. The second-order valence-corrected chi connectivity index (χ2v) is 9.40. The molecule has 1 aromatic carbocycles. The molecule has 4 heterocycles. The average molecular weight is 573 g/mol. The van der Waals surface area contributed by atoms with Gasteiger partial charge >= 0.3 is 0 Å². The molecule has 1 atom stereocenters. The van der Waals surface area contributed by atoms with Crippen molar-refractivity contribution in [2.24, 2.45) is 19.8 Å². The van der Waals surface area contributed by atoms with Gasteiger partial charge in [-0.2, -0.15) is 0 Å². The van der Waals surface area contributed by atoms with Crippen molar-refractivity contribution in [2.45, 2.75) is 5.54 Å². The number of terminal acetylenes is 1. The van der Waals surface area contributed by atoms with Crippen molar-refractivity contribution < 1.29 is 0 Å². The van der Waals surface area contributed by atoms with Crippen LogP contribution in [0.5, 0.6) is 0 Å². The highest BCUT2D eigenvalue weighted by molar-refractivity contribution is 14.1. The summed E-state index contributed by atoms with van der Waals surface area (Å²) in [5.41, 5.74) is 10.3. The number of hydrogen-bond acceptors (Lipinski definition) is 6. The van der Waals surface area contributed by atoms with Crippen LogP contribution >= 0.6 is 22.6 Å². The maximum atomic E-state index is 12.8. The van der Waals surface area contributed by atoms with Crippen LogP contribution in [-0.4, -0.2) is 29.5 Å². The highest BCUT2D eigenvalue weighted by Crippen LogP contribution is 2.35. The van der Waals surface area contributed by atoms with Crippen LogP contribution in [0.1, 0.15) is 22.6 Å². The number of hydrogen-bond donors (Lipinski definition) is 1. The van der Waals surface area contributed by atoms with E-state index >= 15 is 0 Å². The molecular formula is C26H20IN7O. The average Bonchev–Trinajstić information content (AvgIpc) is 3.32. The zero-order valence-corrected chi connectivity index (χ0v) is 21.1. The van der Waals surface area contributed by atoms with Gasteiger partial charge in [0.15, 0.2) is 0 Å². The van der Waals surface area contributed by atoms with Gasteiger partial charge in [-0.05, 0) is 58.5 Å². The van der Waals surface area contributed by atoms with Gasteiger partial charge in [0.2, 0.25) is 0 Å². The van der Waals surface area contributed by atoms with Crippen LogP contribution in [0.25, 0.3) is 22.2 Å². The summed E-state index contributed by atoms with van der Waals surface area (Å²) in [4.78, 5) is 22.1. The minimum atomic E-state index is -1.16. The molecule has 5 rings (SSSR count). The molecule has 0 saturated carbocycles. The molecule has 5 aromatic rings. The van der Waals surface area contributed by atoms with Crippen molar-refractivity contribution in [3.63, 3.8) is 0 Å². The first kappa shape index (κ1) is 22.9. The Morgan fingerprint density at radius 2 is 1.86 bits per heavy atom. The zero-order valence-electron chi connectivity index (χ0n) is 19.0. The maximum absolute atomic E-state index is 12.8. The quantitative estimate of drug-likeness (QED) is 0.262. The molecule has 0 aliphatic rings. The largest absolute Gasteiger partial charge is 0.311 e. The second-order valence-electron chi connectivity index (χ2n) is 8.15. The Morgan fingerprint density at radius 3 is 2.54 bits per heavy atom. The van der Waals surface area contributed by atoms with Crippen LogP contribution < -0.4 is 11.3 Å². The van der Waals surface area contributed by atoms with Crippen molar-refractivity contribution in [3.8, 4) is 23.6 Å². The lowest BCUT2D eigenvalue weighted by Crippen LogP contribution is -2.42. The maximum Gasteiger partial charge on any atom is 0.251 e. The minimum Gasteiger partial charge on any atom is -0.311 e. The smallest absolute Gasteiger partial charge is 0.251 e. The molecule has 0 aliphatic heterocycles. The van der Waals surface area contributed by atoms with Gasteiger partial charge in [-0.3, -0.25) is 9.78 Å². The van der Waals surface area contributed by atoms with Gasteiger partial charge in [0, 0.05) is 34.7 Å². The zero-order chi connectivity index (χ0) is 24.7. The molecule has 0 spiro atoms. The fourth-order valence-corrected chi connectivity index (χ4v) is 4.59. The van der Waals surface area contributed by atoms with Gasteiger partial charge in [0.1, 0.15) is 11.2 Å². The number of aryl methyl sites for hydroxylation is 2. The van der Waals surface area contributed by atoms with Gasteiger partial charge in [-0.1, -0.05) is 29.3 Å². The van der Waals surface area contributed by atoms with E-state index in [9.17, 15) is 4.79 Å². The second kappa shape index (κ2) is 8.72. The van der Waals surface area contributed by atoms with E-state index in [2.05, 4.69) is 43.8 Å². The van der Waals surface area contributed by atoms with Gasteiger partial charge in [0.25, 0.3) is 5.56 Å². The Kier molecular flexibility index (Phi) is 5.70. The van der Waals surface area contributed by atoms with Crippen molar-refractivity contribution in [1.82, 2.24) is 29.5 Å². The lowest BCUT2D eigenvalue weighted by molar-refractivity contribution is 0.550. The number of nitrogens with zero attached hydrogens (tertiary/aromatic N) is 6. The number of aromatic nitrogens is 6. The molecule has 0 saturated heterocycles. The van der Waals surface area contributed by atoms with Crippen LogP contribution in [0.3, 0.4) is 0 Å². The first-order chi connectivity index (χ1) is 16.8. The van der Waals surface area contributed by atoms with E-state index in [0.29, 0.717) is 33.9 Å². The lowest BCUT2D eigenvalue weighted by Gasteiger charge is -2.30. The molecule has 0 fully saturated rings. The molecule has 9 heteroatoms. The van der Waals surface area contributed by atoms with Gasteiger partial charge in [0.05, 0.1) is 35.0 Å². The van der Waals surface area contributed by atoms with Crippen LogP contribution in [0.4, 0.5) is 0 Å². The van der Waals surface area contributed by atoms with E-state index in [4.69, 9.17) is 17.1 Å². The van der Waals surface area contributed by atoms with E-state index in [1.807, 2.05) is 42.5 Å². The lowest BCUT2D eigenvalue weighted by atomic mass is 9.83. The van der Waals surface area contributed by atoms with E-state index in [1.54, 1.807) is 47.9 Å². The summed E-state index contributed by atoms with van der Waals surface area (Å²) in [7, 11) is 3.50. The monoisotopic (exact) mass is 573 g/mol. The van der Waals surface area contributed by atoms with Gasteiger partial charge < -0.3 is 10.3 Å². The Bertz CT molecular complexity index is 1680. The summed E-state index contributed by atoms with van der Waals surface area (Å²) in [5, 5.41) is 8.94. The molecule has 0 unspecified atom stereocenters. The summed E-state index contributed by atoms with van der Waals surface area (Å²) in [6, 6.07) is 16.8. The molecule has 0 aliphatic carbocycles. The van der Waals surface area contributed by atoms with Crippen molar-refractivity contribution in [3.05, 3.63) is 104 Å². The Hall–Kier alpha value is -3.88. The third-order valence-electron chi connectivity index (χ3n) is 6.13. The van der Waals surface area contributed by atoms with E-state index < -0.39 is 5.54 Å². The first-order valence-electron chi connectivity index (χ1n) is 10.7. The molecule has 0 radical (unpaired) electrons. The predicted octanol–water partition coefficient (Wildman–Crippen LogP) is 2.96. The normalized spacial score (nSPS) is 12.9. The molecular weight excluding hydrogens is 553 g/mol. The van der Waals surface area contributed by atoms with Crippen LogP contribution in [0, 0.1) is 15.9 Å². The van der Waals surface area contributed by atoms with E-state index in [-0.39, 0.29) is 5.56 Å². The number of rotatable bonds is 4. The topological polar surface area (TPSA) is 105 Å². The highest BCUT2D eigenvalue weighted by Gasteiger charge is 2.37. The van der Waals surface area contributed by atoms with Crippen molar-refractivity contribution >= 4 is 33.5 Å². The predicted molar refractivity (Wildman–Crippen MR) is 142 cm³/mol. The number of nitrogens with two attached hydrogens (primary N) is 1. The van der Waals surface area contributed by atoms with Crippen molar-refractivity contribution in [1.29, 1.82) is 0 Å². The Balaban J connectivity index is 1.84. The molecule has 2 N–H and O–H groups in total. The van der Waals surface area contributed by atoms with E-state index in [0.717, 1.165) is 14.5 Å². The minimum absolute atomic E-state index is 0.178. The number of fused-ring (bicyclic) bond motifs is 1. The van der Waals surface area contributed by atoms with Crippen LogP contribution in [0.15, 0.2) is 71.8 Å². The summed E-state index contributed by atoms with van der Waals surface area (Å²) < 4.78 is 4.28. The molecule has 0 amide bonds. The summed E-state index contributed by atoms with van der Waals surface area (Å²) in [6.45, 7) is 0. The molecule has 35 heavy (non-hydrogen) atoms. The van der Waals surface area contributed by atoms with E-state index in [1.165, 1.54) is 0 Å². The van der Waals surface area contributed by atoms with Gasteiger partial charge in [-0.15, -0.1) is 11.5 Å². The molecule has 0 bridgehead atoms. The van der Waals surface area contributed by atoms with Crippen LogP contribution in [-0.2, 0) is 19.6 Å². The fraction of sp³-hybridized carbons (Fsp3) is 0.115. The van der Waals surface area contributed by atoms with Crippen LogP contribution in [0.2, 0.25) is 0 Å².